The van der Waals surface area contributed by atoms with E-state index in [1.54, 1.807) is 13.2 Å². The van der Waals surface area contributed by atoms with Gasteiger partial charge < -0.3 is 19.4 Å². The first-order valence-electron chi connectivity index (χ1n) is 8.38. The summed E-state index contributed by atoms with van der Waals surface area (Å²) in [6.45, 7) is 4.57. The number of aromatic nitrogens is 5. The maximum Gasteiger partial charge on any atom is 0.236 e. The van der Waals surface area contributed by atoms with Crippen molar-refractivity contribution < 1.29 is 4.79 Å². The van der Waals surface area contributed by atoms with Gasteiger partial charge in [0.2, 0.25) is 5.91 Å². The maximum absolute atomic E-state index is 12.1. The first kappa shape index (κ1) is 16.6. The molecular formula is C16H25N7O. The second kappa shape index (κ2) is 7.12. The molecule has 0 bridgehead atoms. The molecule has 1 fully saturated rings. The molecule has 0 unspecified atom stereocenters. The Bertz CT molecular complexity index is 705. The predicted octanol–water partition coefficient (Wildman–Crippen LogP) is 0.294. The average Bonchev–Trinajstić information content (AvgIpc) is 3.15. The fourth-order valence-electron chi connectivity index (χ4n) is 3.27. The molecule has 3 rings (SSSR count). The van der Waals surface area contributed by atoms with Crippen LogP contribution in [0.4, 0.5) is 0 Å². The summed E-state index contributed by atoms with van der Waals surface area (Å²) >= 11 is 0. The van der Waals surface area contributed by atoms with Gasteiger partial charge in [0, 0.05) is 38.4 Å². The van der Waals surface area contributed by atoms with Crippen molar-refractivity contribution >= 4 is 5.91 Å². The van der Waals surface area contributed by atoms with Gasteiger partial charge in [0.15, 0.2) is 5.82 Å². The third-order valence-electron chi connectivity index (χ3n) is 4.70. The van der Waals surface area contributed by atoms with Gasteiger partial charge in [0.05, 0.1) is 13.1 Å². The number of hydrogen-bond donors (Lipinski definition) is 1. The quantitative estimate of drug-likeness (QED) is 0.852. The highest BCUT2D eigenvalue weighted by molar-refractivity contribution is 5.78. The van der Waals surface area contributed by atoms with E-state index >= 15 is 0 Å². The fourth-order valence-corrected chi connectivity index (χ4v) is 3.27. The topological polar surface area (TPSA) is 80.9 Å². The molecule has 0 spiro atoms. The molecule has 1 aliphatic heterocycles. The smallest absolute Gasteiger partial charge is 0.236 e. The van der Waals surface area contributed by atoms with Crippen LogP contribution in [0.1, 0.15) is 36.2 Å². The van der Waals surface area contributed by atoms with Crippen molar-refractivity contribution in [2.75, 3.05) is 26.7 Å². The van der Waals surface area contributed by atoms with Gasteiger partial charge in [-0.3, -0.25) is 4.79 Å². The predicted molar refractivity (Wildman–Crippen MR) is 89.6 cm³/mol. The molecule has 8 nitrogen and oxygen atoms in total. The number of hydrogen-bond acceptors (Lipinski definition) is 5. The number of piperidine rings is 1. The van der Waals surface area contributed by atoms with Crippen LogP contribution in [0.2, 0.25) is 0 Å². The third kappa shape index (κ3) is 3.33. The maximum atomic E-state index is 12.1. The lowest BCUT2D eigenvalue weighted by molar-refractivity contribution is -0.131. The SMILES string of the molecule is CNCC(=O)N1CCC[C@@H](c2nnc(Cn3ccnc3C)n2C)C1. The summed E-state index contributed by atoms with van der Waals surface area (Å²) in [5.74, 6) is 3.23. The number of rotatable bonds is 5. The Balaban J connectivity index is 1.73. The van der Waals surface area contributed by atoms with E-state index in [1.807, 2.05) is 25.1 Å². The van der Waals surface area contributed by atoms with Crippen LogP contribution in [0, 0.1) is 6.92 Å². The molecule has 3 heterocycles. The van der Waals surface area contributed by atoms with Crippen molar-refractivity contribution in [3.63, 3.8) is 0 Å². The lowest BCUT2D eigenvalue weighted by Gasteiger charge is -2.32. The molecule has 1 amide bonds. The number of aryl methyl sites for hydroxylation is 1. The van der Waals surface area contributed by atoms with Crippen molar-refractivity contribution in [2.45, 2.75) is 32.2 Å². The minimum absolute atomic E-state index is 0.152. The Morgan fingerprint density at radius 2 is 2.25 bits per heavy atom. The third-order valence-corrected chi connectivity index (χ3v) is 4.70. The molecule has 2 aromatic heterocycles. The Morgan fingerprint density at radius 3 is 2.96 bits per heavy atom. The van der Waals surface area contributed by atoms with Crippen LogP contribution in [0.25, 0.3) is 0 Å². The molecule has 0 aliphatic carbocycles. The summed E-state index contributed by atoms with van der Waals surface area (Å²) in [4.78, 5) is 18.3. The second-order valence-electron chi connectivity index (χ2n) is 6.35. The number of nitrogens with zero attached hydrogens (tertiary/aromatic N) is 6. The van der Waals surface area contributed by atoms with Crippen LogP contribution >= 0.6 is 0 Å². The van der Waals surface area contributed by atoms with Crippen molar-refractivity contribution in [3.8, 4) is 0 Å². The van der Waals surface area contributed by atoms with Crippen molar-refractivity contribution in [1.82, 2.24) is 34.5 Å². The van der Waals surface area contributed by atoms with Gasteiger partial charge in [-0.1, -0.05) is 0 Å². The number of carbonyl (C=O) groups is 1. The molecule has 1 atom stereocenters. The van der Waals surface area contributed by atoms with Crippen LogP contribution < -0.4 is 5.32 Å². The van der Waals surface area contributed by atoms with E-state index in [-0.39, 0.29) is 11.8 Å². The molecule has 0 radical (unpaired) electrons. The van der Waals surface area contributed by atoms with E-state index in [4.69, 9.17) is 0 Å². The van der Waals surface area contributed by atoms with Crippen molar-refractivity contribution in [3.05, 3.63) is 29.9 Å². The first-order valence-corrected chi connectivity index (χ1v) is 8.38. The molecule has 24 heavy (non-hydrogen) atoms. The number of amides is 1. The van der Waals surface area contributed by atoms with Crippen LogP contribution in [-0.4, -0.2) is 61.8 Å². The number of likely N-dealkylation sites (N-methyl/N-ethyl adjacent to an activating group) is 1. The highest BCUT2D eigenvalue weighted by Gasteiger charge is 2.28. The van der Waals surface area contributed by atoms with Gasteiger partial charge in [-0.05, 0) is 26.8 Å². The number of likely N-dealkylation sites (tertiary alicyclic amines) is 1. The minimum Gasteiger partial charge on any atom is -0.341 e. The summed E-state index contributed by atoms with van der Waals surface area (Å²) < 4.78 is 4.12. The van der Waals surface area contributed by atoms with E-state index in [1.165, 1.54) is 0 Å². The Labute approximate surface area is 141 Å². The molecule has 2 aromatic rings. The van der Waals surface area contributed by atoms with Crippen LogP contribution in [-0.2, 0) is 18.4 Å². The molecule has 8 heteroatoms. The average molecular weight is 331 g/mol. The van der Waals surface area contributed by atoms with Crippen LogP contribution in [0.5, 0.6) is 0 Å². The summed E-state index contributed by atoms with van der Waals surface area (Å²) in [6.07, 6.45) is 5.78. The largest absolute Gasteiger partial charge is 0.341 e. The van der Waals surface area contributed by atoms with Gasteiger partial charge in [-0.15, -0.1) is 10.2 Å². The van der Waals surface area contributed by atoms with Gasteiger partial charge in [0.25, 0.3) is 0 Å². The molecule has 130 valence electrons. The van der Waals surface area contributed by atoms with E-state index in [9.17, 15) is 4.79 Å². The van der Waals surface area contributed by atoms with Gasteiger partial charge in [-0.25, -0.2) is 4.98 Å². The molecule has 1 saturated heterocycles. The second-order valence-corrected chi connectivity index (χ2v) is 6.35. The Morgan fingerprint density at radius 1 is 1.42 bits per heavy atom. The zero-order valence-electron chi connectivity index (χ0n) is 14.6. The normalized spacial score (nSPS) is 18.1. The fraction of sp³-hybridized carbons (Fsp3) is 0.625. The molecule has 0 aromatic carbocycles. The van der Waals surface area contributed by atoms with Crippen molar-refractivity contribution in [2.24, 2.45) is 7.05 Å². The summed E-state index contributed by atoms with van der Waals surface area (Å²) in [5, 5.41) is 11.7. The van der Waals surface area contributed by atoms with Gasteiger partial charge in [0.1, 0.15) is 11.6 Å². The number of carbonyl (C=O) groups excluding carboxylic acids is 1. The summed E-state index contributed by atoms with van der Waals surface area (Å²) in [6, 6.07) is 0. The summed E-state index contributed by atoms with van der Waals surface area (Å²) in [7, 11) is 3.80. The van der Waals surface area contributed by atoms with E-state index in [0.717, 1.165) is 43.4 Å². The van der Waals surface area contributed by atoms with E-state index < -0.39 is 0 Å². The molecule has 1 aliphatic rings. The van der Waals surface area contributed by atoms with Crippen molar-refractivity contribution in [1.29, 1.82) is 0 Å². The van der Waals surface area contributed by atoms with Gasteiger partial charge in [-0.2, -0.15) is 0 Å². The van der Waals surface area contributed by atoms with E-state index in [0.29, 0.717) is 13.1 Å². The molecular weight excluding hydrogens is 306 g/mol. The lowest BCUT2D eigenvalue weighted by Crippen LogP contribution is -2.43. The zero-order chi connectivity index (χ0) is 17.1. The molecule has 1 N–H and O–H groups in total. The Hall–Kier alpha value is -2.22. The minimum atomic E-state index is 0.152. The van der Waals surface area contributed by atoms with E-state index in [2.05, 4.69) is 29.6 Å². The monoisotopic (exact) mass is 331 g/mol. The standard InChI is InChI=1S/C16H25N7O/c1-12-18-6-8-22(12)11-14-19-20-16(21(14)3)13-5-4-7-23(10-13)15(24)9-17-2/h6,8,13,17H,4-5,7,9-11H2,1-3H3/t13-/m1/s1. The number of nitrogens with one attached hydrogen (secondary N) is 1. The zero-order valence-corrected chi connectivity index (χ0v) is 14.6. The highest BCUT2D eigenvalue weighted by Crippen LogP contribution is 2.25. The lowest BCUT2D eigenvalue weighted by atomic mass is 9.97. The van der Waals surface area contributed by atoms with Crippen LogP contribution in [0.3, 0.4) is 0 Å². The van der Waals surface area contributed by atoms with Gasteiger partial charge >= 0.3 is 0 Å². The number of imidazole rings is 1. The molecule has 0 saturated carbocycles. The summed E-state index contributed by atoms with van der Waals surface area (Å²) in [5.41, 5.74) is 0. The highest BCUT2D eigenvalue weighted by atomic mass is 16.2. The van der Waals surface area contributed by atoms with Crippen LogP contribution in [0.15, 0.2) is 12.4 Å². The first-order chi connectivity index (χ1) is 11.6. The Kier molecular flexibility index (Phi) is 4.94.